The van der Waals surface area contributed by atoms with Crippen LogP contribution in [0, 0.1) is 12.3 Å². The highest BCUT2D eigenvalue weighted by Gasteiger charge is 2.57. The lowest BCUT2D eigenvalue weighted by Gasteiger charge is -2.44. The molecule has 2 rings (SSSR count). The van der Waals surface area contributed by atoms with Gasteiger partial charge < -0.3 is 23.1 Å². The minimum absolute atomic E-state index is 0.0116. The minimum Gasteiger partial charge on any atom is -0.462 e. The van der Waals surface area contributed by atoms with E-state index in [0.717, 1.165) is 5.56 Å². The van der Waals surface area contributed by atoms with Gasteiger partial charge in [-0.3, -0.25) is 8.98 Å². The standard InChI is InChI=1S/C31H56O9SSi2/c1-21-16-18-22(19-17-21)41(33,34)38-23(20-36-28(32)29(2,3)4)24-25(39-42(12,13)30(5,6)7)26(27(35-11)37-24)40-43(14,15)31(8,9)10/h16-19,23-27H,20H2,1-15H3/t23-,24+,25+,26-,27-/m1/s1. The smallest absolute Gasteiger partial charge is 0.311 e. The molecule has 248 valence electrons. The third-order valence-corrected chi connectivity index (χ3v) is 19.1. The molecule has 0 aliphatic carbocycles. The van der Waals surface area contributed by atoms with Crippen LogP contribution in [0.1, 0.15) is 67.9 Å². The van der Waals surface area contributed by atoms with Gasteiger partial charge >= 0.3 is 5.97 Å². The number of hydrogen-bond acceptors (Lipinski definition) is 9. The first-order chi connectivity index (χ1) is 19.2. The van der Waals surface area contributed by atoms with Crippen LogP contribution in [0.5, 0.6) is 0 Å². The third kappa shape index (κ3) is 9.44. The lowest BCUT2D eigenvalue weighted by Crippen LogP contribution is -2.56. The SMILES string of the molecule is CO[C@@H]1O[C@@H]([C@@H](COC(=O)C(C)(C)C)OS(=O)(=O)c2ccc(C)cc2)[C@H](O[Si](C)(C)C(C)(C)C)[C@H]1O[Si](C)(C)C(C)(C)C. The normalized spacial score (nSPS) is 23.3. The van der Waals surface area contributed by atoms with Crippen molar-refractivity contribution in [3.8, 4) is 0 Å². The lowest BCUT2D eigenvalue weighted by molar-refractivity contribution is -0.171. The molecule has 1 aromatic rings. The average Bonchev–Trinajstić information content (AvgIpc) is 3.15. The molecule has 12 heteroatoms. The number of carbonyl (C=O) groups excluding carboxylic acids is 1. The van der Waals surface area contributed by atoms with Crippen LogP contribution >= 0.6 is 0 Å². The number of esters is 1. The first-order valence-electron chi connectivity index (χ1n) is 14.9. The van der Waals surface area contributed by atoms with E-state index in [1.165, 1.54) is 19.2 Å². The Labute approximate surface area is 262 Å². The zero-order chi connectivity index (χ0) is 33.4. The topological polar surface area (TPSA) is 107 Å². The largest absolute Gasteiger partial charge is 0.462 e. The zero-order valence-electron chi connectivity index (χ0n) is 29.0. The number of rotatable bonds is 11. The highest BCUT2D eigenvalue weighted by Crippen LogP contribution is 2.44. The van der Waals surface area contributed by atoms with Gasteiger partial charge in [-0.2, -0.15) is 8.42 Å². The molecule has 9 nitrogen and oxygen atoms in total. The Morgan fingerprint density at radius 3 is 1.74 bits per heavy atom. The van der Waals surface area contributed by atoms with Crippen LogP contribution in [-0.4, -0.2) is 75.4 Å². The van der Waals surface area contributed by atoms with Gasteiger partial charge in [-0.15, -0.1) is 0 Å². The van der Waals surface area contributed by atoms with Crippen molar-refractivity contribution in [3.05, 3.63) is 29.8 Å². The van der Waals surface area contributed by atoms with Crippen LogP contribution in [0.4, 0.5) is 0 Å². The molecule has 0 spiro atoms. The van der Waals surface area contributed by atoms with Crippen molar-refractivity contribution in [2.45, 2.75) is 141 Å². The number of methoxy groups -OCH3 is 1. The van der Waals surface area contributed by atoms with Crippen LogP contribution in [0.2, 0.25) is 36.3 Å². The van der Waals surface area contributed by atoms with Gasteiger partial charge in [-0.25, -0.2) is 0 Å². The van der Waals surface area contributed by atoms with Crippen molar-refractivity contribution in [3.63, 3.8) is 0 Å². The maximum atomic E-state index is 13.6. The summed E-state index contributed by atoms with van der Waals surface area (Å²) in [5.41, 5.74) is 0.0990. The molecule has 43 heavy (non-hydrogen) atoms. The van der Waals surface area contributed by atoms with Crippen molar-refractivity contribution >= 4 is 32.7 Å². The van der Waals surface area contributed by atoms with Crippen molar-refractivity contribution in [1.82, 2.24) is 0 Å². The molecular weight excluding hydrogens is 605 g/mol. The summed E-state index contributed by atoms with van der Waals surface area (Å²) in [6.45, 7) is 28.0. The molecule has 0 saturated carbocycles. The molecule has 0 unspecified atom stereocenters. The van der Waals surface area contributed by atoms with Crippen LogP contribution in [0.15, 0.2) is 29.2 Å². The van der Waals surface area contributed by atoms with Gasteiger partial charge in [0.05, 0.1) is 10.3 Å². The summed E-state index contributed by atoms with van der Waals surface area (Å²) in [6, 6.07) is 6.38. The second-order valence-electron chi connectivity index (χ2n) is 15.6. The fraction of sp³-hybridized carbons (Fsp3) is 0.774. The van der Waals surface area contributed by atoms with E-state index in [4.69, 9.17) is 27.2 Å². The highest BCUT2D eigenvalue weighted by atomic mass is 32.2. The fourth-order valence-corrected chi connectivity index (χ4v) is 7.56. The number of benzene rings is 1. The minimum atomic E-state index is -4.28. The van der Waals surface area contributed by atoms with Crippen LogP contribution in [0.25, 0.3) is 0 Å². The summed E-state index contributed by atoms with van der Waals surface area (Å²) in [4.78, 5) is 12.8. The molecule has 5 atom stereocenters. The monoisotopic (exact) mass is 660 g/mol. The van der Waals surface area contributed by atoms with Crippen molar-refractivity contribution in [2.24, 2.45) is 5.41 Å². The first kappa shape index (κ1) is 38.1. The van der Waals surface area contributed by atoms with E-state index in [1.54, 1.807) is 32.9 Å². The molecular formula is C31H56O9SSi2. The molecule has 1 aliphatic heterocycles. The van der Waals surface area contributed by atoms with Crippen molar-refractivity contribution in [2.75, 3.05) is 13.7 Å². The van der Waals surface area contributed by atoms with Gasteiger partial charge in [0.15, 0.2) is 22.9 Å². The number of carbonyl (C=O) groups is 1. The Kier molecular flexibility index (Phi) is 11.8. The molecule has 0 N–H and O–H groups in total. The van der Waals surface area contributed by atoms with E-state index in [9.17, 15) is 13.2 Å². The summed E-state index contributed by atoms with van der Waals surface area (Å²) in [6.07, 6.45) is -4.51. The Morgan fingerprint density at radius 1 is 0.860 bits per heavy atom. The quantitative estimate of drug-likeness (QED) is 0.144. The van der Waals surface area contributed by atoms with Crippen molar-refractivity contribution < 1.29 is 40.5 Å². The molecule has 1 aliphatic rings. The number of aryl methyl sites for hydroxylation is 1. The van der Waals surface area contributed by atoms with Gasteiger partial charge in [0.2, 0.25) is 0 Å². The summed E-state index contributed by atoms with van der Waals surface area (Å²) in [5, 5.41) is -0.301. The van der Waals surface area contributed by atoms with Gasteiger partial charge in [0, 0.05) is 7.11 Å². The average molecular weight is 661 g/mol. The van der Waals surface area contributed by atoms with Gasteiger partial charge in [-0.05, 0) is 76.1 Å². The molecule has 1 saturated heterocycles. The highest BCUT2D eigenvalue weighted by molar-refractivity contribution is 7.86. The molecule has 0 aromatic heterocycles. The predicted molar refractivity (Wildman–Crippen MR) is 173 cm³/mol. The number of ether oxygens (including phenoxy) is 3. The molecule has 1 aromatic carbocycles. The third-order valence-electron chi connectivity index (χ3n) is 8.83. The summed E-state index contributed by atoms with van der Waals surface area (Å²) >= 11 is 0. The van der Waals surface area contributed by atoms with Crippen molar-refractivity contribution in [1.29, 1.82) is 0 Å². The Hall–Kier alpha value is -1.13. The molecule has 0 amide bonds. The van der Waals surface area contributed by atoms with Crippen LogP contribution in [-0.2, 0) is 42.2 Å². The van der Waals surface area contributed by atoms with E-state index in [-0.39, 0.29) is 21.6 Å². The Bertz CT molecular complexity index is 1190. The van der Waals surface area contributed by atoms with E-state index in [2.05, 4.69) is 67.7 Å². The molecule has 0 bridgehead atoms. The predicted octanol–water partition coefficient (Wildman–Crippen LogP) is 6.81. The fourth-order valence-electron chi connectivity index (χ4n) is 3.91. The van der Waals surface area contributed by atoms with E-state index < -0.39 is 68.8 Å². The summed E-state index contributed by atoms with van der Waals surface area (Å²) in [7, 11) is -7.63. The lowest BCUT2D eigenvalue weighted by atomic mass is 9.97. The van der Waals surface area contributed by atoms with E-state index in [0.29, 0.717) is 0 Å². The molecule has 0 radical (unpaired) electrons. The summed E-state index contributed by atoms with van der Waals surface area (Å²) < 4.78 is 64.8. The van der Waals surface area contributed by atoms with E-state index >= 15 is 0 Å². The maximum Gasteiger partial charge on any atom is 0.311 e. The Balaban J connectivity index is 2.66. The van der Waals surface area contributed by atoms with Gasteiger partial charge in [-0.1, -0.05) is 59.2 Å². The first-order valence-corrected chi connectivity index (χ1v) is 22.2. The van der Waals surface area contributed by atoms with Crippen LogP contribution in [0.3, 0.4) is 0 Å². The number of hydrogen-bond donors (Lipinski definition) is 0. The second kappa shape index (κ2) is 13.3. The zero-order valence-corrected chi connectivity index (χ0v) is 31.8. The molecule has 1 fully saturated rings. The van der Waals surface area contributed by atoms with E-state index in [1.807, 2.05) is 6.92 Å². The van der Waals surface area contributed by atoms with Gasteiger partial charge in [0.25, 0.3) is 10.1 Å². The van der Waals surface area contributed by atoms with Gasteiger partial charge in [0.1, 0.15) is 31.0 Å². The Morgan fingerprint density at radius 2 is 1.33 bits per heavy atom. The maximum absolute atomic E-state index is 13.6. The summed E-state index contributed by atoms with van der Waals surface area (Å²) in [5.74, 6) is -0.494. The molecule has 1 heterocycles. The second-order valence-corrected chi connectivity index (χ2v) is 26.7. The van der Waals surface area contributed by atoms with Crippen LogP contribution < -0.4 is 0 Å².